The van der Waals surface area contributed by atoms with Gasteiger partial charge in [0, 0.05) is 0 Å². The van der Waals surface area contributed by atoms with Crippen LogP contribution in [-0.4, -0.2) is 12.2 Å². The van der Waals surface area contributed by atoms with Crippen LogP contribution in [0.2, 0.25) is 0 Å². The molecular formula is C14H12O. The van der Waals surface area contributed by atoms with Crippen LogP contribution in [-0.2, 0) is 4.74 Å². The van der Waals surface area contributed by atoms with Crippen molar-refractivity contribution >= 4 is 0 Å². The Hall–Kier alpha value is -1.08. The van der Waals surface area contributed by atoms with E-state index in [-0.39, 0.29) is 17.6 Å². The van der Waals surface area contributed by atoms with E-state index in [1.807, 2.05) is 0 Å². The third-order valence-corrected chi connectivity index (χ3v) is 4.78. The number of hydrogen-bond acceptors (Lipinski definition) is 1. The highest BCUT2D eigenvalue weighted by atomic mass is 16.5. The lowest BCUT2D eigenvalue weighted by Gasteiger charge is -2.28. The lowest BCUT2D eigenvalue weighted by Crippen LogP contribution is -2.27. The van der Waals surface area contributed by atoms with E-state index < -0.39 is 0 Å². The summed E-state index contributed by atoms with van der Waals surface area (Å²) in [5, 5.41) is 0. The van der Waals surface area contributed by atoms with Crippen LogP contribution in [0.25, 0.3) is 0 Å². The first-order valence-corrected chi connectivity index (χ1v) is 5.83. The second-order valence-electron chi connectivity index (χ2n) is 5.37. The van der Waals surface area contributed by atoms with Crippen molar-refractivity contribution in [2.24, 2.45) is 23.2 Å². The summed E-state index contributed by atoms with van der Waals surface area (Å²) in [5.74, 6) is 2.35. The molecule has 0 aromatic heterocycles. The van der Waals surface area contributed by atoms with Gasteiger partial charge >= 0.3 is 0 Å². The van der Waals surface area contributed by atoms with E-state index in [0.717, 1.165) is 17.8 Å². The molecule has 4 aliphatic carbocycles. The third-order valence-electron chi connectivity index (χ3n) is 4.78. The zero-order valence-corrected chi connectivity index (χ0v) is 8.34. The van der Waals surface area contributed by atoms with E-state index in [0.29, 0.717) is 0 Å². The van der Waals surface area contributed by atoms with Crippen LogP contribution in [0.4, 0.5) is 0 Å². The molecule has 1 spiro atoms. The molecule has 3 unspecified atom stereocenters. The smallest absolute Gasteiger partial charge is 0.0989 e. The molecule has 0 radical (unpaired) electrons. The second-order valence-corrected chi connectivity index (χ2v) is 5.37. The highest BCUT2D eigenvalue weighted by molar-refractivity contribution is 5.52. The van der Waals surface area contributed by atoms with Crippen molar-refractivity contribution in [3.8, 4) is 0 Å². The summed E-state index contributed by atoms with van der Waals surface area (Å²) in [7, 11) is 0. The van der Waals surface area contributed by atoms with E-state index in [2.05, 4.69) is 42.5 Å². The lowest BCUT2D eigenvalue weighted by atomic mass is 9.73. The van der Waals surface area contributed by atoms with Crippen LogP contribution in [0.5, 0.6) is 0 Å². The van der Waals surface area contributed by atoms with Crippen molar-refractivity contribution in [2.75, 3.05) is 0 Å². The average Bonchev–Trinajstić information content (AvgIpc) is 2.77. The molecule has 74 valence electrons. The summed E-state index contributed by atoms with van der Waals surface area (Å²) >= 11 is 0. The largest absolute Gasteiger partial charge is 0.361 e. The Labute approximate surface area is 88.8 Å². The number of allylic oxidation sites excluding steroid dienone is 3. The lowest BCUT2D eigenvalue weighted by molar-refractivity contribution is 0.105. The molecule has 6 aliphatic rings. The molecule has 1 saturated carbocycles. The van der Waals surface area contributed by atoms with Gasteiger partial charge in [-0.1, -0.05) is 42.5 Å². The number of rotatable bonds is 0. The molecule has 2 heterocycles. The molecule has 1 nitrogen and oxygen atoms in total. The highest BCUT2D eigenvalue weighted by Crippen LogP contribution is 2.62. The minimum Gasteiger partial charge on any atom is -0.361 e. The number of fused-ring (bicyclic) bond motifs is 2. The van der Waals surface area contributed by atoms with Gasteiger partial charge in [-0.25, -0.2) is 0 Å². The maximum absolute atomic E-state index is 5.98. The highest BCUT2D eigenvalue weighted by Gasteiger charge is 2.58. The van der Waals surface area contributed by atoms with Gasteiger partial charge in [0.05, 0.1) is 17.6 Å². The minimum atomic E-state index is 0.0949. The van der Waals surface area contributed by atoms with Crippen molar-refractivity contribution < 1.29 is 4.74 Å². The normalized spacial score (nSPS) is 60.3. The summed E-state index contributed by atoms with van der Waals surface area (Å²) in [6, 6.07) is 0. The fourth-order valence-electron chi connectivity index (χ4n) is 3.86. The van der Waals surface area contributed by atoms with Crippen LogP contribution in [0.15, 0.2) is 48.1 Å². The predicted octanol–water partition coefficient (Wildman–Crippen LogP) is 2.24. The van der Waals surface area contributed by atoms with Gasteiger partial charge in [-0.3, -0.25) is 0 Å². The van der Waals surface area contributed by atoms with Gasteiger partial charge in [-0.05, 0) is 23.3 Å². The summed E-state index contributed by atoms with van der Waals surface area (Å²) in [6.07, 6.45) is 17.1. The number of ether oxygens (including phenoxy) is 1. The molecule has 0 N–H and O–H groups in total. The SMILES string of the molecule is C1=CC23C=C[C@@H]4C1C4C=C2[C@H]1C=C[C@@H]3O1. The van der Waals surface area contributed by atoms with Crippen LogP contribution >= 0.6 is 0 Å². The zero-order chi connectivity index (χ0) is 9.62. The van der Waals surface area contributed by atoms with Gasteiger partial charge in [0.1, 0.15) is 0 Å². The summed E-state index contributed by atoms with van der Waals surface area (Å²) in [5.41, 5.74) is 1.60. The van der Waals surface area contributed by atoms with E-state index in [9.17, 15) is 0 Å². The van der Waals surface area contributed by atoms with Gasteiger partial charge in [0.15, 0.2) is 0 Å². The van der Waals surface area contributed by atoms with Crippen LogP contribution < -0.4 is 0 Å². The molecular weight excluding hydrogens is 184 g/mol. The number of hydrogen-bond donors (Lipinski definition) is 0. The van der Waals surface area contributed by atoms with E-state index >= 15 is 0 Å². The third kappa shape index (κ3) is 0.618. The Morgan fingerprint density at radius 1 is 0.933 bits per heavy atom. The molecule has 0 aromatic rings. The Morgan fingerprint density at radius 2 is 1.73 bits per heavy atom. The van der Waals surface area contributed by atoms with Crippen LogP contribution in [0.3, 0.4) is 0 Å². The molecule has 0 aromatic carbocycles. The van der Waals surface area contributed by atoms with Gasteiger partial charge in [0.25, 0.3) is 0 Å². The molecule has 1 saturated heterocycles. The van der Waals surface area contributed by atoms with Gasteiger partial charge < -0.3 is 4.74 Å². The summed E-state index contributed by atoms with van der Waals surface area (Å²) in [4.78, 5) is 0. The van der Waals surface area contributed by atoms with E-state index in [1.54, 1.807) is 0 Å². The first kappa shape index (κ1) is 7.24. The van der Waals surface area contributed by atoms with Crippen molar-refractivity contribution in [3.05, 3.63) is 48.1 Å². The maximum Gasteiger partial charge on any atom is 0.0989 e. The summed E-state index contributed by atoms with van der Waals surface area (Å²) in [6.45, 7) is 0. The van der Waals surface area contributed by atoms with Crippen molar-refractivity contribution in [1.82, 2.24) is 0 Å². The van der Waals surface area contributed by atoms with E-state index in [4.69, 9.17) is 4.74 Å². The zero-order valence-electron chi connectivity index (χ0n) is 8.34. The molecule has 6 atom stereocenters. The molecule has 15 heavy (non-hydrogen) atoms. The van der Waals surface area contributed by atoms with Crippen LogP contribution in [0.1, 0.15) is 0 Å². The molecule has 2 aliphatic heterocycles. The fourth-order valence-corrected chi connectivity index (χ4v) is 3.86. The first-order valence-electron chi connectivity index (χ1n) is 5.83. The second kappa shape index (κ2) is 1.92. The Morgan fingerprint density at radius 3 is 2.53 bits per heavy atom. The van der Waals surface area contributed by atoms with Gasteiger partial charge in [-0.2, -0.15) is 0 Å². The van der Waals surface area contributed by atoms with E-state index in [1.165, 1.54) is 5.57 Å². The average molecular weight is 196 g/mol. The monoisotopic (exact) mass is 196 g/mol. The Kier molecular flexibility index (Phi) is 0.926. The van der Waals surface area contributed by atoms with Gasteiger partial charge in [0.2, 0.25) is 0 Å². The fraction of sp³-hybridized carbons (Fsp3) is 0.429. The molecule has 1 heteroatoms. The predicted molar refractivity (Wildman–Crippen MR) is 57.1 cm³/mol. The maximum atomic E-state index is 5.98. The molecule has 2 fully saturated rings. The van der Waals surface area contributed by atoms with Crippen molar-refractivity contribution in [1.29, 1.82) is 0 Å². The molecule has 6 rings (SSSR count). The topological polar surface area (TPSA) is 9.23 Å². The van der Waals surface area contributed by atoms with Gasteiger partial charge in [-0.15, -0.1) is 0 Å². The first-order chi connectivity index (χ1) is 7.38. The molecule has 6 bridgehead atoms. The molecule has 0 amide bonds. The standard InChI is InChI=1S/C14H12O/c1-2-13-14-5-3-8-9(4-6-14)10(8)7-11(14)12(1)15-13/h1-10,12-13H/t8-,9?,10?,12-,13+,14?/m1/s1. The van der Waals surface area contributed by atoms with Crippen molar-refractivity contribution in [3.63, 3.8) is 0 Å². The Balaban J connectivity index is 1.87. The Bertz CT molecular complexity index is 460. The minimum absolute atomic E-state index is 0.0949. The summed E-state index contributed by atoms with van der Waals surface area (Å²) < 4.78 is 5.98. The van der Waals surface area contributed by atoms with Crippen molar-refractivity contribution in [2.45, 2.75) is 12.2 Å². The quantitative estimate of drug-likeness (QED) is 0.540. The van der Waals surface area contributed by atoms with Crippen LogP contribution in [0, 0.1) is 23.2 Å².